The first-order valence-corrected chi connectivity index (χ1v) is 10.5. The van der Waals surface area contributed by atoms with Gasteiger partial charge in [-0.15, -0.1) is 21.5 Å². The Morgan fingerprint density at radius 1 is 1.22 bits per heavy atom. The van der Waals surface area contributed by atoms with Crippen molar-refractivity contribution in [2.75, 3.05) is 13.1 Å². The standard InChI is InChI=1S/C19H19BrN4O2S/c20-14-5-3-13(4-6-14)19-23-22-17(26-19)12-24-9-7-15(8-10-24)21-18(25)16-2-1-11-27-16/h1-6,11,15H,7-10,12H2,(H,21,25). The Labute approximate surface area is 169 Å². The van der Waals surface area contributed by atoms with Gasteiger partial charge in [0.05, 0.1) is 11.4 Å². The number of likely N-dealkylation sites (tertiary alicyclic amines) is 1. The van der Waals surface area contributed by atoms with Crippen LogP contribution in [0.1, 0.15) is 28.4 Å². The normalized spacial score (nSPS) is 15.7. The zero-order chi connectivity index (χ0) is 18.6. The third-order valence-corrected chi connectivity index (χ3v) is 5.98. The van der Waals surface area contributed by atoms with Gasteiger partial charge in [0.1, 0.15) is 0 Å². The molecule has 1 aliphatic rings. The molecule has 1 fully saturated rings. The largest absolute Gasteiger partial charge is 0.419 e. The summed E-state index contributed by atoms with van der Waals surface area (Å²) < 4.78 is 6.82. The number of carbonyl (C=O) groups excluding carboxylic acids is 1. The fraction of sp³-hybridized carbons (Fsp3) is 0.316. The van der Waals surface area contributed by atoms with Gasteiger partial charge in [0.2, 0.25) is 11.8 Å². The molecule has 6 nitrogen and oxygen atoms in total. The zero-order valence-corrected chi connectivity index (χ0v) is 17.0. The molecule has 2 aromatic heterocycles. The predicted octanol–water partition coefficient (Wildman–Crippen LogP) is 3.96. The number of benzene rings is 1. The van der Waals surface area contributed by atoms with E-state index in [1.165, 1.54) is 11.3 Å². The maximum Gasteiger partial charge on any atom is 0.261 e. The number of amides is 1. The summed E-state index contributed by atoms with van der Waals surface area (Å²) in [6.07, 6.45) is 1.84. The third-order valence-electron chi connectivity index (χ3n) is 4.58. The van der Waals surface area contributed by atoms with Gasteiger partial charge < -0.3 is 9.73 Å². The van der Waals surface area contributed by atoms with Gasteiger partial charge in [-0.2, -0.15) is 0 Å². The Morgan fingerprint density at radius 3 is 2.70 bits per heavy atom. The monoisotopic (exact) mass is 446 g/mol. The molecule has 140 valence electrons. The lowest BCUT2D eigenvalue weighted by Gasteiger charge is -2.31. The Kier molecular flexibility index (Phi) is 5.66. The first-order chi connectivity index (χ1) is 13.2. The van der Waals surface area contributed by atoms with Crippen molar-refractivity contribution in [3.63, 3.8) is 0 Å². The summed E-state index contributed by atoms with van der Waals surface area (Å²) in [6.45, 7) is 2.42. The van der Waals surface area contributed by atoms with Crippen LogP contribution in [-0.2, 0) is 6.54 Å². The van der Waals surface area contributed by atoms with E-state index in [1.54, 1.807) is 0 Å². The van der Waals surface area contributed by atoms with Crippen molar-refractivity contribution in [3.8, 4) is 11.5 Å². The molecule has 3 heterocycles. The van der Waals surface area contributed by atoms with Crippen LogP contribution in [0.3, 0.4) is 0 Å². The van der Waals surface area contributed by atoms with Crippen LogP contribution in [0, 0.1) is 0 Å². The van der Waals surface area contributed by atoms with Crippen LogP contribution in [0.2, 0.25) is 0 Å². The van der Waals surface area contributed by atoms with E-state index in [9.17, 15) is 4.79 Å². The van der Waals surface area contributed by atoms with Crippen molar-refractivity contribution in [2.24, 2.45) is 0 Å². The quantitative estimate of drug-likeness (QED) is 0.641. The SMILES string of the molecule is O=C(NC1CCN(Cc2nnc(-c3ccc(Br)cc3)o2)CC1)c1cccs1. The van der Waals surface area contributed by atoms with E-state index in [0.29, 0.717) is 18.3 Å². The summed E-state index contributed by atoms with van der Waals surface area (Å²) >= 11 is 4.89. The van der Waals surface area contributed by atoms with Gasteiger partial charge in [0, 0.05) is 29.2 Å². The Bertz CT molecular complexity index is 887. The second-order valence-electron chi connectivity index (χ2n) is 6.51. The molecule has 3 aromatic rings. The average Bonchev–Trinajstić information content (AvgIpc) is 3.36. The van der Waals surface area contributed by atoms with Crippen LogP contribution in [0.4, 0.5) is 0 Å². The molecule has 1 aliphatic heterocycles. The van der Waals surface area contributed by atoms with E-state index < -0.39 is 0 Å². The molecular formula is C19H19BrN4O2S. The minimum absolute atomic E-state index is 0.0273. The molecule has 0 radical (unpaired) electrons. The van der Waals surface area contributed by atoms with E-state index in [4.69, 9.17) is 4.42 Å². The van der Waals surface area contributed by atoms with Gasteiger partial charge in [-0.1, -0.05) is 22.0 Å². The number of aromatic nitrogens is 2. The number of hydrogen-bond acceptors (Lipinski definition) is 6. The molecule has 0 spiro atoms. The van der Waals surface area contributed by atoms with Gasteiger partial charge in [-0.05, 0) is 48.6 Å². The van der Waals surface area contributed by atoms with E-state index in [2.05, 4.69) is 36.3 Å². The Balaban J connectivity index is 1.28. The highest BCUT2D eigenvalue weighted by Gasteiger charge is 2.23. The lowest BCUT2D eigenvalue weighted by Crippen LogP contribution is -2.44. The van der Waals surface area contributed by atoms with E-state index >= 15 is 0 Å². The molecule has 0 atom stereocenters. The summed E-state index contributed by atoms with van der Waals surface area (Å²) in [5.74, 6) is 1.18. The molecule has 8 heteroatoms. The number of halogens is 1. The summed E-state index contributed by atoms with van der Waals surface area (Å²) in [5, 5.41) is 13.4. The van der Waals surface area contributed by atoms with Crippen LogP contribution in [0.15, 0.2) is 50.7 Å². The van der Waals surface area contributed by atoms with Gasteiger partial charge >= 0.3 is 0 Å². The molecule has 0 aliphatic carbocycles. The fourth-order valence-electron chi connectivity index (χ4n) is 3.12. The summed E-state index contributed by atoms with van der Waals surface area (Å²) in [7, 11) is 0. The second-order valence-corrected chi connectivity index (χ2v) is 8.37. The molecule has 1 aromatic carbocycles. The van der Waals surface area contributed by atoms with Crippen molar-refractivity contribution in [1.82, 2.24) is 20.4 Å². The summed E-state index contributed by atoms with van der Waals surface area (Å²) in [6, 6.07) is 11.8. The maximum absolute atomic E-state index is 12.2. The first-order valence-electron chi connectivity index (χ1n) is 8.82. The van der Waals surface area contributed by atoms with Gasteiger partial charge in [0.15, 0.2) is 0 Å². The van der Waals surface area contributed by atoms with Crippen molar-refractivity contribution >= 4 is 33.2 Å². The van der Waals surface area contributed by atoms with Crippen molar-refractivity contribution in [3.05, 3.63) is 57.0 Å². The van der Waals surface area contributed by atoms with E-state index in [-0.39, 0.29) is 11.9 Å². The van der Waals surface area contributed by atoms with E-state index in [1.807, 2.05) is 41.8 Å². The van der Waals surface area contributed by atoms with E-state index in [0.717, 1.165) is 40.8 Å². The van der Waals surface area contributed by atoms with Crippen molar-refractivity contribution < 1.29 is 9.21 Å². The van der Waals surface area contributed by atoms with Gasteiger partial charge in [-0.25, -0.2) is 0 Å². The van der Waals surface area contributed by atoms with Crippen molar-refractivity contribution in [1.29, 1.82) is 0 Å². The lowest BCUT2D eigenvalue weighted by atomic mass is 10.0. The first kappa shape index (κ1) is 18.3. The number of nitrogens with zero attached hydrogens (tertiary/aromatic N) is 3. The highest BCUT2D eigenvalue weighted by atomic mass is 79.9. The molecule has 4 rings (SSSR count). The van der Waals surface area contributed by atoms with Gasteiger partial charge in [0.25, 0.3) is 5.91 Å². The van der Waals surface area contributed by atoms with Gasteiger partial charge in [-0.3, -0.25) is 9.69 Å². The highest BCUT2D eigenvalue weighted by Crippen LogP contribution is 2.22. The lowest BCUT2D eigenvalue weighted by molar-refractivity contribution is 0.0909. The molecule has 0 bridgehead atoms. The molecule has 27 heavy (non-hydrogen) atoms. The zero-order valence-electron chi connectivity index (χ0n) is 14.6. The van der Waals surface area contributed by atoms with Crippen LogP contribution in [0.25, 0.3) is 11.5 Å². The Hall–Kier alpha value is -2.03. The molecular weight excluding hydrogens is 428 g/mol. The number of thiophene rings is 1. The number of hydrogen-bond donors (Lipinski definition) is 1. The maximum atomic E-state index is 12.2. The van der Waals surface area contributed by atoms with Crippen LogP contribution >= 0.6 is 27.3 Å². The van der Waals surface area contributed by atoms with Crippen LogP contribution < -0.4 is 5.32 Å². The fourth-order valence-corrected chi connectivity index (χ4v) is 4.01. The summed E-state index contributed by atoms with van der Waals surface area (Å²) in [5.41, 5.74) is 0.909. The topological polar surface area (TPSA) is 71.3 Å². The third kappa shape index (κ3) is 4.63. The number of rotatable bonds is 5. The molecule has 0 saturated carbocycles. The minimum Gasteiger partial charge on any atom is -0.419 e. The Morgan fingerprint density at radius 2 is 2.00 bits per heavy atom. The smallest absolute Gasteiger partial charge is 0.261 e. The number of piperidine rings is 1. The number of nitrogens with one attached hydrogen (secondary N) is 1. The molecule has 1 N–H and O–H groups in total. The second kappa shape index (κ2) is 8.33. The molecule has 0 unspecified atom stereocenters. The minimum atomic E-state index is 0.0273. The summed E-state index contributed by atoms with van der Waals surface area (Å²) in [4.78, 5) is 15.2. The van der Waals surface area contributed by atoms with Crippen LogP contribution in [-0.4, -0.2) is 40.1 Å². The molecule has 1 amide bonds. The number of carbonyl (C=O) groups is 1. The van der Waals surface area contributed by atoms with Crippen molar-refractivity contribution in [2.45, 2.75) is 25.4 Å². The predicted molar refractivity (Wildman–Crippen MR) is 108 cm³/mol. The molecule has 1 saturated heterocycles. The van der Waals surface area contributed by atoms with Crippen LogP contribution in [0.5, 0.6) is 0 Å². The average molecular weight is 447 g/mol. The highest BCUT2D eigenvalue weighted by molar-refractivity contribution is 9.10.